The van der Waals surface area contributed by atoms with Gasteiger partial charge in [0.1, 0.15) is 11.5 Å². The van der Waals surface area contributed by atoms with Gasteiger partial charge in [0.2, 0.25) is 15.9 Å². The Hall–Kier alpha value is -3.10. The fourth-order valence-corrected chi connectivity index (χ4v) is 5.48. The maximum absolute atomic E-state index is 13.1. The molecule has 0 aromatic heterocycles. The third kappa shape index (κ3) is 4.42. The Morgan fingerprint density at radius 1 is 0.938 bits per heavy atom. The predicted molar refractivity (Wildman–Crippen MR) is 124 cm³/mol. The van der Waals surface area contributed by atoms with Gasteiger partial charge in [-0.05, 0) is 47.9 Å². The fourth-order valence-electron chi connectivity index (χ4n) is 3.97. The first-order valence-corrected chi connectivity index (χ1v) is 11.9. The molecule has 0 saturated carbocycles. The number of amides is 1. The molecule has 0 atom stereocenters. The SMILES string of the molecule is COc1ccc(NC(=O)C2CCN(S(=O)(=O)c3ccc4ccccc4c3)CC2)c(OC)c1. The van der Waals surface area contributed by atoms with Gasteiger partial charge >= 0.3 is 0 Å². The molecular weight excluding hydrogens is 428 g/mol. The number of sulfonamides is 1. The van der Waals surface area contributed by atoms with Crippen molar-refractivity contribution in [3.8, 4) is 11.5 Å². The third-order valence-electron chi connectivity index (χ3n) is 5.85. The number of carbonyl (C=O) groups excluding carboxylic acids is 1. The van der Waals surface area contributed by atoms with Gasteiger partial charge < -0.3 is 14.8 Å². The number of benzene rings is 3. The number of hydrogen-bond acceptors (Lipinski definition) is 5. The van der Waals surface area contributed by atoms with Crippen LogP contribution in [0.2, 0.25) is 0 Å². The highest BCUT2D eigenvalue weighted by molar-refractivity contribution is 7.89. The van der Waals surface area contributed by atoms with Crippen LogP contribution in [0.5, 0.6) is 11.5 Å². The Morgan fingerprint density at radius 3 is 2.34 bits per heavy atom. The van der Waals surface area contributed by atoms with Gasteiger partial charge in [-0.1, -0.05) is 30.3 Å². The summed E-state index contributed by atoms with van der Waals surface area (Å²) in [4.78, 5) is 13.1. The molecule has 1 saturated heterocycles. The molecule has 3 aromatic carbocycles. The van der Waals surface area contributed by atoms with E-state index in [4.69, 9.17) is 9.47 Å². The molecule has 0 radical (unpaired) electrons. The van der Waals surface area contributed by atoms with Crippen LogP contribution in [0.25, 0.3) is 10.8 Å². The van der Waals surface area contributed by atoms with Crippen molar-refractivity contribution in [3.63, 3.8) is 0 Å². The Morgan fingerprint density at radius 2 is 1.66 bits per heavy atom. The molecule has 0 spiro atoms. The molecule has 8 heteroatoms. The molecule has 0 aliphatic carbocycles. The average molecular weight is 455 g/mol. The number of rotatable bonds is 6. The zero-order valence-electron chi connectivity index (χ0n) is 18.1. The first kappa shape index (κ1) is 22.1. The summed E-state index contributed by atoms with van der Waals surface area (Å²) >= 11 is 0. The number of fused-ring (bicyclic) bond motifs is 1. The number of hydrogen-bond donors (Lipinski definition) is 1. The molecule has 1 aliphatic rings. The Balaban J connectivity index is 1.42. The molecule has 4 rings (SSSR count). The largest absolute Gasteiger partial charge is 0.497 e. The lowest BCUT2D eigenvalue weighted by Crippen LogP contribution is -2.41. The molecule has 1 amide bonds. The van der Waals surface area contributed by atoms with E-state index < -0.39 is 10.0 Å². The first-order chi connectivity index (χ1) is 15.4. The van der Waals surface area contributed by atoms with Gasteiger partial charge in [-0.2, -0.15) is 4.31 Å². The molecule has 1 fully saturated rings. The Bertz CT molecular complexity index is 1230. The number of ether oxygens (including phenoxy) is 2. The van der Waals surface area contributed by atoms with Gasteiger partial charge in [0.15, 0.2) is 0 Å². The van der Waals surface area contributed by atoms with Gasteiger partial charge in [-0.3, -0.25) is 4.79 Å². The summed E-state index contributed by atoms with van der Waals surface area (Å²) in [7, 11) is -0.522. The monoisotopic (exact) mass is 454 g/mol. The van der Waals surface area contributed by atoms with Crippen LogP contribution in [0.1, 0.15) is 12.8 Å². The topological polar surface area (TPSA) is 84.9 Å². The second kappa shape index (κ2) is 9.18. The van der Waals surface area contributed by atoms with E-state index in [0.717, 1.165) is 10.8 Å². The van der Waals surface area contributed by atoms with Crippen LogP contribution >= 0.6 is 0 Å². The number of anilines is 1. The van der Waals surface area contributed by atoms with Crippen molar-refractivity contribution in [2.75, 3.05) is 32.6 Å². The smallest absolute Gasteiger partial charge is 0.243 e. The van der Waals surface area contributed by atoms with Crippen molar-refractivity contribution in [2.45, 2.75) is 17.7 Å². The fraction of sp³-hybridized carbons (Fsp3) is 0.292. The lowest BCUT2D eigenvalue weighted by atomic mass is 9.97. The normalized spacial score (nSPS) is 15.4. The lowest BCUT2D eigenvalue weighted by molar-refractivity contribution is -0.120. The maximum Gasteiger partial charge on any atom is 0.243 e. The first-order valence-electron chi connectivity index (χ1n) is 10.4. The highest BCUT2D eigenvalue weighted by Gasteiger charge is 2.32. The molecule has 168 valence electrons. The van der Waals surface area contributed by atoms with Crippen LogP contribution < -0.4 is 14.8 Å². The molecule has 0 bridgehead atoms. The molecule has 7 nitrogen and oxygen atoms in total. The minimum atomic E-state index is -3.61. The summed E-state index contributed by atoms with van der Waals surface area (Å²) in [5.74, 6) is 0.724. The van der Waals surface area contributed by atoms with Crippen molar-refractivity contribution >= 4 is 32.4 Å². The summed E-state index contributed by atoms with van der Waals surface area (Å²) in [5.41, 5.74) is 0.560. The van der Waals surface area contributed by atoms with Gasteiger partial charge in [-0.15, -0.1) is 0 Å². The second-order valence-corrected chi connectivity index (χ2v) is 9.68. The van der Waals surface area contributed by atoms with Crippen LogP contribution in [-0.2, 0) is 14.8 Å². The molecular formula is C24H26N2O5S. The van der Waals surface area contributed by atoms with Crippen LogP contribution in [0.4, 0.5) is 5.69 Å². The second-order valence-electron chi connectivity index (χ2n) is 7.74. The van der Waals surface area contributed by atoms with Crippen molar-refractivity contribution < 1.29 is 22.7 Å². The average Bonchev–Trinajstić information content (AvgIpc) is 2.84. The van der Waals surface area contributed by atoms with Crippen LogP contribution in [0, 0.1) is 5.92 Å². The van der Waals surface area contributed by atoms with E-state index in [1.54, 1.807) is 37.4 Å². The highest BCUT2D eigenvalue weighted by atomic mass is 32.2. The molecule has 1 heterocycles. The number of methoxy groups -OCH3 is 2. The van der Waals surface area contributed by atoms with E-state index >= 15 is 0 Å². The summed E-state index contributed by atoms with van der Waals surface area (Å²) < 4.78 is 38.3. The molecule has 1 aliphatic heterocycles. The van der Waals surface area contributed by atoms with Crippen LogP contribution in [0.15, 0.2) is 65.6 Å². The van der Waals surface area contributed by atoms with Gasteiger partial charge in [-0.25, -0.2) is 8.42 Å². The highest BCUT2D eigenvalue weighted by Crippen LogP contribution is 2.31. The summed E-state index contributed by atoms with van der Waals surface area (Å²) in [6.07, 6.45) is 0.911. The minimum Gasteiger partial charge on any atom is -0.497 e. The van der Waals surface area contributed by atoms with Crippen molar-refractivity contribution in [3.05, 3.63) is 60.7 Å². The van der Waals surface area contributed by atoms with E-state index in [0.29, 0.717) is 43.1 Å². The molecule has 3 aromatic rings. The number of piperidine rings is 1. The summed E-state index contributed by atoms with van der Waals surface area (Å²) in [6, 6.07) is 18.0. The lowest BCUT2D eigenvalue weighted by Gasteiger charge is -2.30. The molecule has 0 unspecified atom stereocenters. The van der Waals surface area contributed by atoms with Crippen LogP contribution in [0.3, 0.4) is 0 Å². The van der Waals surface area contributed by atoms with Gasteiger partial charge in [0.25, 0.3) is 0 Å². The van der Waals surface area contributed by atoms with Crippen molar-refractivity contribution in [1.82, 2.24) is 4.31 Å². The predicted octanol–water partition coefficient (Wildman–Crippen LogP) is 3.90. The summed E-state index contributed by atoms with van der Waals surface area (Å²) in [5, 5.41) is 4.78. The quantitative estimate of drug-likeness (QED) is 0.611. The third-order valence-corrected chi connectivity index (χ3v) is 7.74. The van der Waals surface area contributed by atoms with E-state index in [2.05, 4.69) is 5.32 Å². The number of nitrogens with zero attached hydrogens (tertiary/aromatic N) is 1. The Kier molecular flexibility index (Phi) is 6.34. The van der Waals surface area contributed by atoms with Gasteiger partial charge in [0, 0.05) is 25.1 Å². The molecule has 32 heavy (non-hydrogen) atoms. The zero-order chi connectivity index (χ0) is 22.7. The minimum absolute atomic E-state index is 0.142. The van der Waals surface area contributed by atoms with Crippen LogP contribution in [-0.4, -0.2) is 45.9 Å². The zero-order valence-corrected chi connectivity index (χ0v) is 18.9. The standard InChI is InChI=1S/C24H26N2O5S/c1-30-20-8-10-22(23(16-20)31-2)25-24(27)18-11-13-26(14-12-18)32(28,29)21-9-7-17-5-3-4-6-19(17)15-21/h3-10,15-16,18H,11-14H2,1-2H3,(H,25,27). The van der Waals surface area contributed by atoms with E-state index in [9.17, 15) is 13.2 Å². The maximum atomic E-state index is 13.1. The Labute approximate surface area is 188 Å². The number of carbonyl (C=O) groups is 1. The van der Waals surface area contributed by atoms with Crippen molar-refractivity contribution in [1.29, 1.82) is 0 Å². The van der Waals surface area contributed by atoms with Crippen molar-refractivity contribution in [2.24, 2.45) is 5.92 Å². The van der Waals surface area contributed by atoms with E-state index in [1.807, 2.05) is 30.3 Å². The van der Waals surface area contributed by atoms with E-state index in [1.165, 1.54) is 11.4 Å². The van der Waals surface area contributed by atoms with Gasteiger partial charge in [0.05, 0.1) is 24.8 Å². The summed E-state index contributed by atoms with van der Waals surface area (Å²) in [6.45, 7) is 0.597. The number of nitrogens with one attached hydrogen (secondary N) is 1. The van der Waals surface area contributed by atoms with E-state index in [-0.39, 0.29) is 16.7 Å². The molecule has 1 N–H and O–H groups in total.